The highest BCUT2D eigenvalue weighted by Gasteiger charge is 2.49. The molecule has 0 bridgehead atoms. The summed E-state index contributed by atoms with van der Waals surface area (Å²) in [5.74, 6) is -8.22. The molecule has 3 aliphatic rings. The first-order valence-electron chi connectivity index (χ1n) is 13.1. The molecule has 8 nitrogen and oxygen atoms in total. The van der Waals surface area contributed by atoms with Crippen LogP contribution in [0, 0.1) is 47.3 Å². The lowest BCUT2D eigenvalue weighted by Crippen LogP contribution is -2.45. The van der Waals surface area contributed by atoms with Crippen molar-refractivity contribution in [3.63, 3.8) is 0 Å². The van der Waals surface area contributed by atoms with Crippen LogP contribution in [0.15, 0.2) is 0 Å². The Balaban J connectivity index is 1.99. The number of rotatable bonds is 10. The maximum absolute atomic E-state index is 11.9. The Bertz CT molecular complexity index is 647. The number of carbonyl (C=O) groups is 4. The SMILES string of the molecule is O=C(O)C(CC1C(C2CCCCC2)CCC(C2CCCCC2)C1CC(C(=O)O)C(=O)O)C(=O)O. The fraction of sp³-hybridized carbons (Fsp3) is 0.846. The van der Waals surface area contributed by atoms with Crippen molar-refractivity contribution >= 4 is 23.9 Å². The van der Waals surface area contributed by atoms with Gasteiger partial charge in [-0.2, -0.15) is 0 Å². The van der Waals surface area contributed by atoms with Crippen molar-refractivity contribution in [3.8, 4) is 0 Å². The Morgan fingerprint density at radius 1 is 0.500 bits per heavy atom. The lowest BCUT2D eigenvalue weighted by Gasteiger charge is -2.50. The number of aliphatic carboxylic acids is 4. The molecule has 0 amide bonds. The Hall–Kier alpha value is -2.12. The summed E-state index contributed by atoms with van der Waals surface area (Å²) in [6.45, 7) is 0. The molecule has 0 aliphatic heterocycles. The van der Waals surface area contributed by atoms with Crippen LogP contribution in [0.3, 0.4) is 0 Å². The van der Waals surface area contributed by atoms with E-state index in [-0.39, 0.29) is 36.5 Å². The van der Waals surface area contributed by atoms with Crippen molar-refractivity contribution < 1.29 is 39.6 Å². The Morgan fingerprint density at radius 3 is 1.06 bits per heavy atom. The second kappa shape index (κ2) is 12.0. The molecule has 4 N–H and O–H groups in total. The minimum atomic E-state index is -1.56. The van der Waals surface area contributed by atoms with Gasteiger partial charge in [-0.1, -0.05) is 64.2 Å². The first-order valence-corrected chi connectivity index (χ1v) is 13.1. The van der Waals surface area contributed by atoms with Crippen molar-refractivity contribution in [2.45, 2.75) is 89.9 Å². The molecule has 0 aromatic carbocycles. The maximum atomic E-state index is 11.9. The van der Waals surface area contributed by atoms with Crippen LogP contribution in [-0.2, 0) is 19.2 Å². The predicted octanol–water partition coefficient (Wildman–Crippen LogP) is 4.76. The molecule has 8 heteroatoms. The number of hydrogen-bond donors (Lipinski definition) is 4. The second-order valence-corrected chi connectivity index (χ2v) is 11.0. The van der Waals surface area contributed by atoms with E-state index < -0.39 is 35.7 Å². The van der Waals surface area contributed by atoms with Gasteiger partial charge in [-0.15, -0.1) is 0 Å². The average molecular weight is 481 g/mol. The van der Waals surface area contributed by atoms with Gasteiger partial charge in [0.15, 0.2) is 11.8 Å². The van der Waals surface area contributed by atoms with Crippen LogP contribution in [0.4, 0.5) is 0 Å². The van der Waals surface area contributed by atoms with E-state index in [4.69, 9.17) is 0 Å². The highest BCUT2D eigenvalue weighted by atomic mass is 16.4. The summed E-state index contributed by atoms with van der Waals surface area (Å²) in [4.78, 5) is 47.4. The zero-order valence-corrected chi connectivity index (χ0v) is 19.9. The van der Waals surface area contributed by atoms with Crippen LogP contribution >= 0.6 is 0 Å². The smallest absolute Gasteiger partial charge is 0.317 e. The third kappa shape index (κ3) is 6.30. The standard InChI is InChI=1S/C26H40O8/c27-23(28)21(24(29)30)13-19-17(15-7-3-1-4-8-15)11-12-18(16-9-5-2-6-10-16)20(19)14-22(25(31)32)26(33)34/h15-22H,1-14H2,(H,27,28)(H,29,30)(H,31,32)(H,33,34). The van der Waals surface area contributed by atoms with E-state index in [1.54, 1.807) is 0 Å². The Kier molecular flexibility index (Phi) is 9.37. The van der Waals surface area contributed by atoms with E-state index in [1.807, 2.05) is 0 Å². The van der Waals surface area contributed by atoms with Crippen molar-refractivity contribution in [3.05, 3.63) is 0 Å². The van der Waals surface area contributed by atoms with Crippen molar-refractivity contribution in [1.29, 1.82) is 0 Å². The van der Waals surface area contributed by atoms with Crippen LogP contribution < -0.4 is 0 Å². The van der Waals surface area contributed by atoms with Gasteiger partial charge in [-0.25, -0.2) is 0 Å². The van der Waals surface area contributed by atoms with E-state index in [9.17, 15) is 39.6 Å². The van der Waals surface area contributed by atoms with Gasteiger partial charge in [-0.05, 0) is 61.2 Å². The molecule has 0 aromatic rings. The molecule has 0 aromatic heterocycles. The average Bonchev–Trinajstić information content (AvgIpc) is 2.81. The van der Waals surface area contributed by atoms with Crippen molar-refractivity contribution in [2.24, 2.45) is 47.3 Å². The topological polar surface area (TPSA) is 149 Å². The monoisotopic (exact) mass is 480 g/mol. The fourth-order valence-electron chi connectivity index (χ4n) is 7.60. The van der Waals surface area contributed by atoms with Crippen LogP contribution in [0.1, 0.15) is 89.9 Å². The van der Waals surface area contributed by atoms with Gasteiger partial charge < -0.3 is 20.4 Å². The van der Waals surface area contributed by atoms with E-state index in [0.29, 0.717) is 11.8 Å². The summed E-state index contributed by atoms with van der Waals surface area (Å²) in [5, 5.41) is 38.6. The van der Waals surface area contributed by atoms with Gasteiger partial charge in [0.25, 0.3) is 0 Å². The van der Waals surface area contributed by atoms with Crippen molar-refractivity contribution in [2.75, 3.05) is 0 Å². The Labute approximate surface area is 201 Å². The molecule has 0 saturated heterocycles. The molecule has 0 heterocycles. The van der Waals surface area contributed by atoms with Gasteiger partial charge in [-0.3, -0.25) is 19.2 Å². The van der Waals surface area contributed by atoms with Gasteiger partial charge >= 0.3 is 23.9 Å². The summed E-state index contributed by atoms with van der Waals surface area (Å²) >= 11 is 0. The molecule has 3 fully saturated rings. The molecule has 3 aliphatic carbocycles. The van der Waals surface area contributed by atoms with Crippen LogP contribution in [0.25, 0.3) is 0 Å². The van der Waals surface area contributed by atoms with Crippen LogP contribution in [0.5, 0.6) is 0 Å². The molecule has 3 saturated carbocycles. The Morgan fingerprint density at radius 2 is 0.794 bits per heavy atom. The van der Waals surface area contributed by atoms with Gasteiger partial charge in [0.05, 0.1) is 0 Å². The minimum Gasteiger partial charge on any atom is -0.481 e. The number of carboxylic acids is 4. The molecular weight excluding hydrogens is 440 g/mol. The number of hydrogen-bond acceptors (Lipinski definition) is 4. The first kappa shape index (κ1) is 26.5. The van der Waals surface area contributed by atoms with Gasteiger partial charge in [0, 0.05) is 0 Å². The zero-order chi connectivity index (χ0) is 24.8. The lowest BCUT2D eigenvalue weighted by molar-refractivity contribution is -0.161. The summed E-state index contributed by atoms with van der Waals surface area (Å²) in [6.07, 6.45) is 12.5. The molecule has 3 rings (SSSR count). The van der Waals surface area contributed by atoms with E-state index >= 15 is 0 Å². The normalized spacial score (nSPS) is 29.2. The zero-order valence-electron chi connectivity index (χ0n) is 19.9. The van der Waals surface area contributed by atoms with Crippen molar-refractivity contribution in [1.82, 2.24) is 0 Å². The first-order chi connectivity index (χ1) is 16.2. The van der Waals surface area contributed by atoms with Gasteiger partial charge in [0.2, 0.25) is 0 Å². The van der Waals surface area contributed by atoms with Crippen LogP contribution in [-0.4, -0.2) is 44.3 Å². The van der Waals surface area contributed by atoms with E-state index in [2.05, 4.69) is 0 Å². The summed E-state index contributed by atoms with van der Waals surface area (Å²) in [5.41, 5.74) is 0. The highest BCUT2D eigenvalue weighted by molar-refractivity contribution is 5.93. The third-order valence-electron chi connectivity index (χ3n) is 9.20. The summed E-state index contributed by atoms with van der Waals surface area (Å²) < 4.78 is 0. The maximum Gasteiger partial charge on any atom is 0.317 e. The minimum absolute atomic E-state index is 0.0499. The molecular formula is C26H40O8. The number of carboxylic acid groups (broad SMARTS) is 4. The molecule has 0 spiro atoms. The fourth-order valence-corrected chi connectivity index (χ4v) is 7.60. The largest absolute Gasteiger partial charge is 0.481 e. The molecule has 0 radical (unpaired) electrons. The molecule has 4 unspecified atom stereocenters. The second-order valence-electron chi connectivity index (χ2n) is 11.0. The predicted molar refractivity (Wildman–Crippen MR) is 123 cm³/mol. The third-order valence-corrected chi connectivity index (χ3v) is 9.20. The summed E-state index contributed by atoms with van der Waals surface area (Å²) in [7, 11) is 0. The van der Waals surface area contributed by atoms with Crippen LogP contribution in [0.2, 0.25) is 0 Å². The molecule has 192 valence electrons. The van der Waals surface area contributed by atoms with Gasteiger partial charge in [0.1, 0.15) is 0 Å². The molecule has 34 heavy (non-hydrogen) atoms. The lowest BCUT2D eigenvalue weighted by atomic mass is 9.54. The van der Waals surface area contributed by atoms with E-state index in [0.717, 1.165) is 77.0 Å². The van der Waals surface area contributed by atoms with E-state index in [1.165, 1.54) is 0 Å². The highest BCUT2D eigenvalue weighted by Crippen LogP contribution is 2.54. The quantitative estimate of drug-likeness (QED) is 0.327. The molecule has 4 atom stereocenters. The summed E-state index contributed by atoms with van der Waals surface area (Å²) in [6, 6.07) is 0.